The third kappa shape index (κ3) is 2.69. The van der Waals surface area contributed by atoms with Crippen LogP contribution >= 0.6 is 0 Å². The zero-order chi connectivity index (χ0) is 12.8. The Labute approximate surface area is 98.3 Å². The third-order valence-electron chi connectivity index (χ3n) is 2.29. The predicted molar refractivity (Wildman–Crippen MR) is 58.6 cm³/mol. The van der Waals surface area contributed by atoms with Gasteiger partial charge >= 0.3 is 11.9 Å². The molecule has 0 spiro atoms. The highest BCUT2D eigenvalue weighted by molar-refractivity contribution is 5.99. The standard InChI is InChI=1S/C12H12O5/c1-16-11(14)9-6-4-3-5-8(9)10(7-13)12(15)17-2/h3-7,10H,1-2H3. The van der Waals surface area contributed by atoms with Gasteiger partial charge in [-0.25, -0.2) is 4.79 Å². The van der Waals surface area contributed by atoms with Crippen LogP contribution in [0.2, 0.25) is 0 Å². The molecule has 5 nitrogen and oxygen atoms in total. The molecule has 0 radical (unpaired) electrons. The fourth-order valence-corrected chi connectivity index (χ4v) is 1.45. The number of ether oxygens (including phenoxy) is 2. The normalized spacial score (nSPS) is 11.4. The van der Waals surface area contributed by atoms with E-state index in [2.05, 4.69) is 9.47 Å². The van der Waals surface area contributed by atoms with Crippen LogP contribution in [0.1, 0.15) is 21.8 Å². The van der Waals surface area contributed by atoms with Crippen LogP contribution in [0.5, 0.6) is 0 Å². The van der Waals surface area contributed by atoms with Crippen molar-refractivity contribution in [3.63, 3.8) is 0 Å². The van der Waals surface area contributed by atoms with Gasteiger partial charge in [0.1, 0.15) is 12.2 Å². The molecule has 1 aromatic carbocycles. The SMILES string of the molecule is COC(=O)c1ccccc1C(C=O)C(=O)OC. The number of methoxy groups -OCH3 is 2. The highest BCUT2D eigenvalue weighted by atomic mass is 16.5. The van der Waals surface area contributed by atoms with Gasteiger partial charge in [0, 0.05) is 0 Å². The summed E-state index contributed by atoms with van der Waals surface area (Å²) in [7, 11) is 2.41. The Morgan fingerprint density at radius 3 is 2.35 bits per heavy atom. The lowest BCUT2D eigenvalue weighted by molar-refractivity contribution is -0.143. The summed E-state index contributed by atoms with van der Waals surface area (Å²) in [5.74, 6) is -2.43. The Kier molecular flexibility index (Phi) is 4.39. The van der Waals surface area contributed by atoms with Gasteiger partial charge in [0.25, 0.3) is 0 Å². The Morgan fingerprint density at radius 2 is 1.82 bits per heavy atom. The second-order valence-corrected chi connectivity index (χ2v) is 3.22. The summed E-state index contributed by atoms with van der Waals surface area (Å²) >= 11 is 0. The second-order valence-electron chi connectivity index (χ2n) is 3.22. The van der Waals surface area contributed by atoms with E-state index in [9.17, 15) is 14.4 Å². The molecule has 0 saturated heterocycles. The highest BCUT2D eigenvalue weighted by Gasteiger charge is 2.25. The van der Waals surface area contributed by atoms with E-state index in [1.165, 1.54) is 26.4 Å². The fraction of sp³-hybridized carbons (Fsp3) is 0.250. The molecule has 1 unspecified atom stereocenters. The maximum Gasteiger partial charge on any atom is 0.338 e. The zero-order valence-electron chi connectivity index (χ0n) is 9.51. The van der Waals surface area contributed by atoms with E-state index in [-0.39, 0.29) is 11.1 Å². The number of hydrogen-bond acceptors (Lipinski definition) is 5. The van der Waals surface area contributed by atoms with Crippen molar-refractivity contribution >= 4 is 18.2 Å². The minimum absolute atomic E-state index is 0.178. The Bertz CT molecular complexity index is 438. The molecular weight excluding hydrogens is 224 g/mol. The van der Waals surface area contributed by atoms with E-state index >= 15 is 0 Å². The van der Waals surface area contributed by atoms with Crippen molar-refractivity contribution in [2.45, 2.75) is 5.92 Å². The maximum atomic E-state index is 11.5. The van der Waals surface area contributed by atoms with E-state index in [1.54, 1.807) is 12.1 Å². The molecule has 0 aliphatic carbocycles. The molecule has 1 atom stereocenters. The number of carbonyl (C=O) groups excluding carboxylic acids is 3. The van der Waals surface area contributed by atoms with Crippen LogP contribution in [0, 0.1) is 0 Å². The van der Waals surface area contributed by atoms with Crippen LogP contribution < -0.4 is 0 Å². The number of rotatable bonds is 4. The Morgan fingerprint density at radius 1 is 1.18 bits per heavy atom. The summed E-state index contributed by atoms with van der Waals surface area (Å²) in [5.41, 5.74) is 0.457. The Hall–Kier alpha value is -2.17. The number of carbonyl (C=O) groups is 3. The largest absolute Gasteiger partial charge is 0.468 e. The zero-order valence-corrected chi connectivity index (χ0v) is 9.51. The molecule has 0 heterocycles. The number of hydrogen-bond donors (Lipinski definition) is 0. The van der Waals surface area contributed by atoms with Gasteiger partial charge in [-0.2, -0.15) is 0 Å². The van der Waals surface area contributed by atoms with Gasteiger partial charge in [-0.15, -0.1) is 0 Å². The van der Waals surface area contributed by atoms with E-state index in [4.69, 9.17) is 0 Å². The summed E-state index contributed by atoms with van der Waals surface area (Å²) in [6.45, 7) is 0. The molecule has 1 aromatic rings. The molecule has 17 heavy (non-hydrogen) atoms. The smallest absolute Gasteiger partial charge is 0.338 e. The van der Waals surface area contributed by atoms with Crippen molar-refractivity contribution in [3.05, 3.63) is 35.4 Å². The summed E-state index contributed by atoms with van der Waals surface area (Å²) in [6.07, 6.45) is 0.438. The molecule has 0 bridgehead atoms. The fourth-order valence-electron chi connectivity index (χ4n) is 1.45. The molecule has 5 heteroatoms. The van der Waals surface area contributed by atoms with E-state index in [0.29, 0.717) is 6.29 Å². The van der Waals surface area contributed by atoms with Crippen LogP contribution in [0.25, 0.3) is 0 Å². The first-order chi connectivity index (χ1) is 8.15. The summed E-state index contributed by atoms with van der Waals surface area (Å²) < 4.78 is 9.08. The van der Waals surface area contributed by atoms with Crippen LogP contribution in [-0.2, 0) is 19.1 Å². The third-order valence-corrected chi connectivity index (χ3v) is 2.29. The molecule has 0 saturated carbocycles. The minimum Gasteiger partial charge on any atom is -0.468 e. The monoisotopic (exact) mass is 236 g/mol. The van der Waals surface area contributed by atoms with Crippen molar-refractivity contribution in [1.82, 2.24) is 0 Å². The van der Waals surface area contributed by atoms with Crippen molar-refractivity contribution in [3.8, 4) is 0 Å². The molecule has 0 aliphatic rings. The van der Waals surface area contributed by atoms with E-state index in [0.717, 1.165) is 0 Å². The Balaban J connectivity index is 3.24. The first-order valence-electron chi connectivity index (χ1n) is 4.86. The van der Waals surface area contributed by atoms with E-state index in [1.807, 2.05) is 0 Å². The summed E-state index contributed by atoms with van der Waals surface area (Å²) in [6, 6.07) is 6.25. The molecular formula is C12H12O5. The van der Waals surface area contributed by atoms with Gasteiger partial charge in [-0.1, -0.05) is 18.2 Å². The highest BCUT2D eigenvalue weighted by Crippen LogP contribution is 2.20. The molecule has 0 aromatic heterocycles. The van der Waals surface area contributed by atoms with Gasteiger partial charge in [0.15, 0.2) is 0 Å². The number of benzene rings is 1. The molecule has 0 N–H and O–H groups in total. The molecule has 1 rings (SSSR count). The quantitative estimate of drug-likeness (QED) is 0.442. The van der Waals surface area contributed by atoms with Gasteiger partial charge in [0.2, 0.25) is 0 Å². The van der Waals surface area contributed by atoms with Gasteiger partial charge < -0.3 is 14.3 Å². The molecule has 0 fully saturated rings. The first kappa shape index (κ1) is 12.9. The average Bonchev–Trinajstić information content (AvgIpc) is 2.39. The van der Waals surface area contributed by atoms with Crippen LogP contribution in [0.3, 0.4) is 0 Å². The lowest BCUT2D eigenvalue weighted by atomic mass is 9.95. The van der Waals surface area contributed by atoms with Crippen molar-refractivity contribution < 1.29 is 23.9 Å². The lowest BCUT2D eigenvalue weighted by Gasteiger charge is -2.11. The lowest BCUT2D eigenvalue weighted by Crippen LogP contribution is -2.19. The molecule has 0 aliphatic heterocycles. The summed E-state index contributed by atoms with van der Waals surface area (Å²) in [5, 5.41) is 0. The van der Waals surface area contributed by atoms with Gasteiger partial charge in [0.05, 0.1) is 19.8 Å². The van der Waals surface area contributed by atoms with Gasteiger partial charge in [-0.05, 0) is 11.6 Å². The number of esters is 2. The maximum absolute atomic E-state index is 11.5. The summed E-state index contributed by atoms with van der Waals surface area (Å²) in [4.78, 5) is 33.8. The topological polar surface area (TPSA) is 69.7 Å². The van der Waals surface area contributed by atoms with E-state index < -0.39 is 17.9 Å². The number of aldehydes is 1. The predicted octanol–water partition coefficient (Wildman–Crippen LogP) is 0.929. The molecule has 90 valence electrons. The van der Waals surface area contributed by atoms with Crippen molar-refractivity contribution in [2.24, 2.45) is 0 Å². The van der Waals surface area contributed by atoms with Crippen LogP contribution in [-0.4, -0.2) is 32.4 Å². The van der Waals surface area contributed by atoms with Crippen molar-refractivity contribution in [2.75, 3.05) is 14.2 Å². The van der Waals surface area contributed by atoms with Crippen LogP contribution in [0.4, 0.5) is 0 Å². The first-order valence-corrected chi connectivity index (χ1v) is 4.86. The van der Waals surface area contributed by atoms with Crippen molar-refractivity contribution in [1.29, 1.82) is 0 Å². The average molecular weight is 236 g/mol. The van der Waals surface area contributed by atoms with Gasteiger partial charge in [-0.3, -0.25) is 4.79 Å². The minimum atomic E-state index is -1.12. The second kappa shape index (κ2) is 5.79. The van der Waals surface area contributed by atoms with Crippen LogP contribution in [0.15, 0.2) is 24.3 Å². The molecule has 0 amide bonds.